The fourth-order valence-corrected chi connectivity index (χ4v) is 0.381. The number of amidine groups is 1. The van der Waals surface area contributed by atoms with Crippen LogP contribution in [0.25, 0.3) is 0 Å². The van der Waals surface area contributed by atoms with E-state index in [2.05, 4.69) is 9.84 Å². The van der Waals surface area contributed by atoms with E-state index in [0.29, 0.717) is 0 Å². The SMILES string of the molecule is CCOC(=O)C(=O)N/N=C(\C)N. The molecule has 0 heterocycles. The lowest BCUT2D eigenvalue weighted by atomic mass is 10.6. The van der Waals surface area contributed by atoms with Gasteiger partial charge in [0, 0.05) is 0 Å². The van der Waals surface area contributed by atoms with E-state index in [1.54, 1.807) is 6.92 Å². The largest absolute Gasteiger partial charge is 0.459 e. The van der Waals surface area contributed by atoms with Gasteiger partial charge in [0.05, 0.1) is 6.61 Å². The highest BCUT2D eigenvalue weighted by atomic mass is 16.5. The first kappa shape index (κ1) is 10.4. The molecule has 0 bridgehead atoms. The molecule has 0 saturated heterocycles. The van der Waals surface area contributed by atoms with Crippen molar-refractivity contribution in [3.8, 4) is 0 Å². The van der Waals surface area contributed by atoms with Gasteiger partial charge in [0.15, 0.2) is 0 Å². The first-order chi connectivity index (χ1) is 5.57. The summed E-state index contributed by atoms with van der Waals surface area (Å²) in [6.07, 6.45) is 0. The van der Waals surface area contributed by atoms with Gasteiger partial charge >= 0.3 is 11.9 Å². The van der Waals surface area contributed by atoms with E-state index in [0.717, 1.165) is 0 Å². The zero-order chi connectivity index (χ0) is 9.56. The Hall–Kier alpha value is -1.59. The van der Waals surface area contributed by atoms with Gasteiger partial charge in [-0.15, -0.1) is 0 Å². The van der Waals surface area contributed by atoms with E-state index in [1.807, 2.05) is 5.43 Å². The van der Waals surface area contributed by atoms with E-state index >= 15 is 0 Å². The smallest absolute Gasteiger partial charge is 0.398 e. The van der Waals surface area contributed by atoms with E-state index < -0.39 is 11.9 Å². The minimum absolute atomic E-state index is 0.150. The van der Waals surface area contributed by atoms with Crippen LogP contribution in [-0.2, 0) is 14.3 Å². The van der Waals surface area contributed by atoms with Crippen LogP contribution in [0.5, 0.6) is 0 Å². The molecule has 1 amide bonds. The molecule has 0 aliphatic heterocycles. The van der Waals surface area contributed by atoms with Crippen LogP contribution in [0.3, 0.4) is 0 Å². The molecule has 0 spiro atoms. The van der Waals surface area contributed by atoms with Crippen molar-refractivity contribution in [2.45, 2.75) is 13.8 Å². The fourth-order valence-electron chi connectivity index (χ4n) is 0.381. The second-order valence-electron chi connectivity index (χ2n) is 1.91. The number of carbonyl (C=O) groups excluding carboxylic acids is 2. The quantitative estimate of drug-likeness (QED) is 0.183. The van der Waals surface area contributed by atoms with Gasteiger partial charge in [-0.3, -0.25) is 4.79 Å². The summed E-state index contributed by atoms with van der Waals surface area (Å²) in [7, 11) is 0. The molecule has 0 saturated carbocycles. The molecular weight excluding hydrogens is 162 g/mol. The maximum Gasteiger partial charge on any atom is 0.398 e. The number of carbonyl (C=O) groups is 2. The second kappa shape index (κ2) is 5.11. The Labute approximate surface area is 69.8 Å². The molecule has 0 radical (unpaired) electrons. The molecule has 12 heavy (non-hydrogen) atoms. The summed E-state index contributed by atoms with van der Waals surface area (Å²) in [5.74, 6) is -1.74. The van der Waals surface area contributed by atoms with Crippen molar-refractivity contribution in [3.05, 3.63) is 0 Å². The Morgan fingerprint density at radius 3 is 2.58 bits per heavy atom. The molecule has 0 rings (SSSR count). The van der Waals surface area contributed by atoms with Crippen LogP contribution in [0.4, 0.5) is 0 Å². The zero-order valence-electron chi connectivity index (χ0n) is 6.96. The van der Waals surface area contributed by atoms with Crippen molar-refractivity contribution in [1.29, 1.82) is 0 Å². The first-order valence-electron chi connectivity index (χ1n) is 3.34. The normalized spacial score (nSPS) is 10.7. The van der Waals surface area contributed by atoms with Crippen LogP contribution < -0.4 is 11.2 Å². The highest BCUT2D eigenvalue weighted by Crippen LogP contribution is 1.77. The minimum Gasteiger partial charge on any atom is -0.459 e. The predicted octanol–water partition coefficient (Wildman–Crippen LogP) is -1.04. The third-order valence-corrected chi connectivity index (χ3v) is 0.795. The molecule has 0 unspecified atom stereocenters. The summed E-state index contributed by atoms with van der Waals surface area (Å²) in [5, 5.41) is 3.32. The monoisotopic (exact) mass is 173 g/mol. The maximum atomic E-state index is 10.7. The molecule has 0 atom stereocenters. The van der Waals surface area contributed by atoms with Gasteiger partial charge in [-0.1, -0.05) is 0 Å². The highest BCUT2D eigenvalue weighted by Gasteiger charge is 2.12. The summed E-state index contributed by atoms with van der Waals surface area (Å²) in [5.41, 5.74) is 7.01. The molecule has 0 aliphatic carbocycles. The van der Waals surface area contributed by atoms with Crippen LogP contribution in [0, 0.1) is 0 Å². The summed E-state index contributed by atoms with van der Waals surface area (Å²) in [4.78, 5) is 21.3. The summed E-state index contributed by atoms with van der Waals surface area (Å²) in [6.45, 7) is 3.23. The predicted molar refractivity (Wildman–Crippen MR) is 42.1 cm³/mol. The average Bonchev–Trinajstić information content (AvgIpc) is 2.00. The number of ether oxygens (including phenoxy) is 1. The Kier molecular flexibility index (Phi) is 4.43. The molecule has 0 aromatic carbocycles. The highest BCUT2D eigenvalue weighted by molar-refractivity contribution is 6.32. The Morgan fingerprint density at radius 1 is 1.58 bits per heavy atom. The van der Waals surface area contributed by atoms with Crippen LogP contribution in [0.15, 0.2) is 5.10 Å². The molecule has 68 valence electrons. The first-order valence-corrected chi connectivity index (χ1v) is 3.34. The lowest BCUT2D eigenvalue weighted by Gasteiger charge is -1.98. The maximum absolute atomic E-state index is 10.7. The van der Waals surface area contributed by atoms with Crippen LogP contribution in [-0.4, -0.2) is 24.3 Å². The van der Waals surface area contributed by atoms with Crippen molar-refractivity contribution < 1.29 is 14.3 Å². The van der Waals surface area contributed by atoms with Gasteiger partial charge in [0.25, 0.3) is 0 Å². The van der Waals surface area contributed by atoms with Gasteiger partial charge in [-0.2, -0.15) is 5.10 Å². The topological polar surface area (TPSA) is 93.8 Å². The van der Waals surface area contributed by atoms with Crippen LogP contribution in [0.2, 0.25) is 0 Å². The minimum atomic E-state index is -0.970. The molecule has 3 N–H and O–H groups in total. The zero-order valence-corrected chi connectivity index (χ0v) is 6.96. The summed E-state index contributed by atoms with van der Waals surface area (Å²) >= 11 is 0. The van der Waals surface area contributed by atoms with Gasteiger partial charge in [-0.05, 0) is 13.8 Å². The van der Waals surface area contributed by atoms with E-state index in [1.165, 1.54) is 6.92 Å². The summed E-state index contributed by atoms with van der Waals surface area (Å²) < 4.78 is 4.37. The van der Waals surface area contributed by atoms with Crippen LogP contribution in [0.1, 0.15) is 13.8 Å². The Balaban J connectivity index is 3.88. The van der Waals surface area contributed by atoms with Crippen molar-refractivity contribution >= 4 is 17.7 Å². The van der Waals surface area contributed by atoms with Crippen LogP contribution >= 0.6 is 0 Å². The molecular formula is C6H11N3O3. The average molecular weight is 173 g/mol. The van der Waals surface area contributed by atoms with E-state index in [9.17, 15) is 9.59 Å². The molecule has 6 nitrogen and oxygen atoms in total. The Morgan fingerprint density at radius 2 is 2.17 bits per heavy atom. The molecule has 0 aliphatic rings. The number of nitrogens with two attached hydrogens (primary N) is 1. The molecule has 0 aromatic heterocycles. The number of nitrogens with one attached hydrogen (secondary N) is 1. The third kappa shape index (κ3) is 4.26. The fraction of sp³-hybridized carbons (Fsp3) is 0.500. The van der Waals surface area contributed by atoms with Gasteiger partial charge in [0.1, 0.15) is 5.84 Å². The van der Waals surface area contributed by atoms with Gasteiger partial charge in [0.2, 0.25) is 0 Å². The molecule has 6 heteroatoms. The number of esters is 1. The third-order valence-electron chi connectivity index (χ3n) is 0.795. The van der Waals surface area contributed by atoms with Crippen molar-refractivity contribution in [3.63, 3.8) is 0 Å². The lowest BCUT2D eigenvalue weighted by molar-refractivity contribution is -0.154. The standard InChI is InChI=1S/C6H11N3O3/c1-3-12-6(11)5(10)9-8-4(2)7/h3H2,1-2H3,(H2,7,8)(H,9,10). The molecule has 0 fully saturated rings. The number of rotatable bonds is 2. The number of hydrazone groups is 1. The summed E-state index contributed by atoms with van der Waals surface area (Å²) in [6, 6.07) is 0. The van der Waals surface area contributed by atoms with Gasteiger partial charge in [-0.25, -0.2) is 10.2 Å². The van der Waals surface area contributed by atoms with E-state index in [-0.39, 0.29) is 12.4 Å². The van der Waals surface area contributed by atoms with Crippen molar-refractivity contribution in [1.82, 2.24) is 5.43 Å². The lowest BCUT2D eigenvalue weighted by Crippen LogP contribution is -2.30. The van der Waals surface area contributed by atoms with Crippen molar-refractivity contribution in [2.75, 3.05) is 6.61 Å². The number of amides is 1. The number of hydrogen-bond acceptors (Lipinski definition) is 4. The van der Waals surface area contributed by atoms with E-state index in [4.69, 9.17) is 5.73 Å². The van der Waals surface area contributed by atoms with Gasteiger partial charge < -0.3 is 10.5 Å². The van der Waals surface area contributed by atoms with Crippen molar-refractivity contribution in [2.24, 2.45) is 10.8 Å². The molecule has 0 aromatic rings. The number of nitrogens with zero attached hydrogens (tertiary/aromatic N) is 1. The number of hydrogen-bond donors (Lipinski definition) is 2. The second-order valence-corrected chi connectivity index (χ2v) is 1.91. The Bertz CT molecular complexity index is 208.